The smallest absolute Gasteiger partial charge is 0.268 e. The van der Waals surface area contributed by atoms with Crippen LogP contribution in [0.2, 0.25) is 0 Å². The number of methoxy groups -OCH3 is 1. The summed E-state index contributed by atoms with van der Waals surface area (Å²) in [5.74, 6) is -1.50. The number of ether oxygens (including phenoxy) is 2. The number of rotatable bonds is 11. The lowest BCUT2D eigenvalue weighted by Crippen LogP contribution is -2.30. The van der Waals surface area contributed by atoms with E-state index in [-0.39, 0.29) is 17.0 Å². The minimum Gasteiger partial charge on any atom is -0.453 e. The molecule has 2 N–H and O–H groups in total. The van der Waals surface area contributed by atoms with Crippen molar-refractivity contribution in [3.05, 3.63) is 130 Å². The van der Waals surface area contributed by atoms with Crippen LogP contribution in [0.5, 0.6) is 11.5 Å². The van der Waals surface area contributed by atoms with E-state index in [1.807, 2.05) is 24.4 Å². The Kier molecular flexibility index (Phi) is 9.67. The maximum atomic E-state index is 15.3. The van der Waals surface area contributed by atoms with Gasteiger partial charge >= 0.3 is 0 Å². The minimum absolute atomic E-state index is 0.0521. The van der Waals surface area contributed by atoms with Crippen LogP contribution in [0.4, 0.5) is 14.5 Å². The molecule has 48 heavy (non-hydrogen) atoms. The Morgan fingerprint density at radius 3 is 2.50 bits per heavy atom. The number of nitrogens with one attached hydrogen (secondary N) is 2. The lowest BCUT2D eigenvalue weighted by Gasteiger charge is -2.15. The standard InChI is InChI=1S/C36H31F2N5O4S/c1-21-16-27(36(45)43(22(21)2)26-8-5-24(37)6-9-26)35(44)42-25-7-11-31(28(38)17-25)47-32-12-13-40-30-18-33(48-34(30)32)29-10-4-23(20-41-29)19-39-14-15-46-3/h4-13,16-18,20,39H,14-15,19H2,1-3H3,(H,42,44). The van der Waals surface area contributed by atoms with E-state index in [1.165, 1.54) is 58.4 Å². The highest BCUT2D eigenvalue weighted by atomic mass is 32.1. The number of amides is 1. The average Bonchev–Trinajstić information content (AvgIpc) is 3.53. The molecule has 0 saturated carbocycles. The van der Waals surface area contributed by atoms with Crippen molar-refractivity contribution in [2.75, 3.05) is 25.6 Å². The molecule has 0 fully saturated rings. The van der Waals surface area contributed by atoms with Gasteiger partial charge in [-0.3, -0.25) is 24.1 Å². The van der Waals surface area contributed by atoms with Crippen molar-refractivity contribution >= 4 is 33.1 Å². The summed E-state index contributed by atoms with van der Waals surface area (Å²) in [6.45, 7) is 5.56. The summed E-state index contributed by atoms with van der Waals surface area (Å²) < 4.78 is 42.0. The van der Waals surface area contributed by atoms with Crippen molar-refractivity contribution in [2.45, 2.75) is 20.4 Å². The van der Waals surface area contributed by atoms with Gasteiger partial charge in [-0.15, -0.1) is 11.3 Å². The highest BCUT2D eigenvalue weighted by Gasteiger charge is 2.19. The molecule has 0 radical (unpaired) electrons. The summed E-state index contributed by atoms with van der Waals surface area (Å²) in [6, 6.07) is 18.4. The van der Waals surface area contributed by atoms with Crippen LogP contribution in [-0.2, 0) is 11.3 Å². The summed E-state index contributed by atoms with van der Waals surface area (Å²) in [6.07, 6.45) is 3.41. The largest absolute Gasteiger partial charge is 0.453 e. The number of fused-ring (bicyclic) bond motifs is 1. The zero-order chi connectivity index (χ0) is 33.8. The van der Waals surface area contributed by atoms with Gasteiger partial charge in [0.25, 0.3) is 11.5 Å². The van der Waals surface area contributed by atoms with Crippen LogP contribution in [-0.4, -0.2) is 40.7 Å². The first-order chi connectivity index (χ1) is 23.2. The fourth-order valence-corrected chi connectivity index (χ4v) is 6.12. The molecular weight excluding hydrogens is 636 g/mol. The van der Waals surface area contributed by atoms with Crippen LogP contribution in [0.25, 0.3) is 26.5 Å². The summed E-state index contributed by atoms with van der Waals surface area (Å²) >= 11 is 1.43. The SMILES string of the molecule is COCCNCc1ccc(-c2cc3nccc(Oc4ccc(NC(=O)c5cc(C)c(C)n(-c6ccc(F)cc6)c5=O)cc4F)c3s2)nc1. The number of hydrogen-bond donors (Lipinski definition) is 2. The summed E-state index contributed by atoms with van der Waals surface area (Å²) in [7, 11) is 1.66. The van der Waals surface area contributed by atoms with Gasteiger partial charge in [-0.25, -0.2) is 8.78 Å². The van der Waals surface area contributed by atoms with Gasteiger partial charge in [0.15, 0.2) is 11.6 Å². The summed E-state index contributed by atoms with van der Waals surface area (Å²) in [5, 5.41) is 5.90. The lowest BCUT2D eigenvalue weighted by atomic mass is 10.1. The van der Waals surface area contributed by atoms with Crippen LogP contribution in [0, 0.1) is 25.5 Å². The van der Waals surface area contributed by atoms with Crippen molar-refractivity contribution in [1.82, 2.24) is 19.9 Å². The fourth-order valence-electron chi connectivity index (χ4n) is 5.08. The molecule has 0 aliphatic carbocycles. The van der Waals surface area contributed by atoms with E-state index in [0.717, 1.165) is 33.4 Å². The van der Waals surface area contributed by atoms with Crippen molar-refractivity contribution in [2.24, 2.45) is 0 Å². The van der Waals surface area contributed by atoms with Crippen molar-refractivity contribution in [3.63, 3.8) is 0 Å². The molecule has 244 valence electrons. The molecule has 0 aliphatic heterocycles. The first-order valence-corrected chi connectivity index (χ1v) is 15.8. The Hall–Kier alpha value is -5.30. The highest BCUT2D eigenvalue weighted by Crippen LogP contribution is 2.39. The van der Waals surface area contributed by atoms with Crippen LogP contribution in [0.3, 0.4) is 0 Å². The Bertz CT molecular complexity index is 2170. The van der Waals surface area contributed by atoms with Crippen molar-refractivity contribution in [3.8, 4) is 27.8 Å². The summed E-state index contributed by atoms with van der Waals surface area (Å²) in [5.41, 5.74) is 3.63. The second kappa shape index (κ2) is 14.2. The molecule has 9 nitrogen and oxygen atoms in total. The normalized spacial score (nSPS) is 11.2. The van der Waals surface area contributed by atoms with Gasteiger partial charge in [0.2, 0.25) is 0 Å². The molecule has 6 aromatic rings. The number of halogens is 2. The first-order valence-electron chi connectivity index (χ1n) is 15.0. The number of benzene rings is 2. The second-order valence-electron chi connectivity index (χ2n) is 11.0. The van der Waals surface area contributed by atoms with Crippen LogP contribution in [0.1, 0.15) is 27.2 Å². The second-order valence-corrected chi connectivity index (χ2v) is 12.1. The molecule has 0 unspecified atom stereocenters. The van der Waals surface area contributed by atoms with E-state index in [4.69, 9.17) is 9.47 Å². The van der Waals surface area contributed by atoms with Crippen molar-refractivity contribution < 1.29 is 23.0 Å². The molecule has 0 bridgehead atoms. The zero-order valence-electron chi connectivity index (χ0n) is 26.3. The monoisotopic (exact) mass is 667 g/mol. The van der Waals surface area contributed by atoms with Gasteiger partial charge in [0.05, 0.1) is 27.4 Å². The Morgan fingerprint density at radius 2 is 1.77 bits per heavy atom. The number of aromatic nitrogens is 3. The van der Waals surface area contributed by atoms with Crippen LogP contribution >= 0.6 is 11.3 Å². The molecule has 1 amide bonds. The van der Waals surface area contributed by atoms with Crippen molar-refractivity contribution in [1.29, 1.82) is 0 Å². The molecule has 12 heteroatoms. The van der Waals surface area contributed by atoms with Gasteiger partial charge in [-0.2, -0.15) is 0 Å². The predicted octanol–water partition coefficient (Wildman–Crippen LogP) is 7.18. The number of carbonyl (C=O) groups excluding carboxylic acids is 1. The van der Waals surface area contributed by atoms with Gasteiger partial charge in [-0.05, 0) is 79.6 Å². The lowest BCUT2D eigenvalue weighted by molar-refractivity contribution is 0.102. The Morgan fingerprint density at radius 1 is 0.958 bits per heavy atom. The number of anilines is 1. The van der Waals surface area contributed by atoms with E-state index in [9.17, 15) is 14.0 Å². The number of hydrogen-bond acceptors (Lipinski definition) is 8. The topological polar surface area (TPSA) is 107 Å². The third-order valence-corrected chi connectivity index (χ3v) is 8.87. The third-order valence-electron chi connectivity index (χ3n) is 7.70. The quantitative estimate of drug-likeness (QED) is 0.141. The molecule has 4 aromatic heterocycles. The van der Waals surface area contributed by atoms with Gasteiger partial charge in [0, 0.05) is 61.8 Å². The summed E-state index contributed by atoms with van der Waals surface area (Å²) in [4.78, 5) is 36.5. The number of aryl methyl sites for hydroxylation is 1. The van der Waals surface area contributed by atoms with E-state index < -0.39 is 23.1 Å². The van der Waals surface area contributed by atoms with Gasteiger partial charge < -0.3 is 20.1 Å². The van der Waals surface area contributed by atoms with Gasteiger partial charge in [-0.1, -0.05) is 6.07 Å². The fraction of sp³-hybridized carbons (Fsp3) is 0.167. The van der Waals surface area contributed by atoms with E-state index in [0.29, 0.717) is 41.4 Å². The molecule has 4 heterocycles. The van der Waals surface area contributed by atoms with E-state index in [2.05, 4.69) is 20.6 Å². The molecule has 2 aromatic carbocycles. The predicted molar refractivity (Wildman–Crippen MR) is 182 cm³/mol. The molecule has 0 saturated heterocycles. The Balaban J connectivity index is 1.19. The van der Waals surface area contributed by atoms with Gasteiger partial charge in [0.1, 0.15) is 17.1 Å². The molecule has 0 spiro atoms. The number of carbonyl (C=O) groups is 1. The zero-order valence-corrected chi connectivity index (χ0v) is 27.2. The molecular formula is C36H31F2N5O4S. The molecule has 6 rings (SSSR count). The van der Waals surface area contributed by atoms with E-state index in [1.54, 1.807) is 33.2 Å². The molecule has 0 atom stereocenters. The highest BCUT2D eigenvalue weighted by molar-refractivity contribution is 7.22. The first kappa shape index (κ1) is 32.6. The number of pyridine rings is 3. The van der Waals surface area contributed by atoms with Crippen LogP contribution in [0.15, 0.2) is 90.0 Å². The average molecular weight is 668 g/mol. The number of thiophene rings is 1. The third kappa shape index (κ3) is 7.00. The van der Waals surface area contributed by atoms with Crippen LogP contribution < -0.4 is 20.9 Å². The number of nitrogens with zero attached hydrogens (tertiary/aromatic N) is 3. The Labute approximate surface area is 278 Å². The maximum absolute atomic E-state index is 15.3. The molecule has 0 aliphatic rings. The van der Waals surface area contributed by atoms with E-state index >= 15 is 4.39 Å². The minimum atomic E-state index is -0.713. The maximum Gasteiger partial charge on any atom is 0.268 e.